The predicted molar refractivity (Wildman–Crippen MR) is 264 cm³/mol. The quantitative estimate of drug-likeness (QED) is 0.166. The molecule has 0 saturated heterocycles. The molecular formula is C60H36N2. The largest absolute Gasteiger partial charge is 0.264 e. The third-order valence-electron chi connectivity index (χ3n) is 13.1. The maximum Gasteiger partial charge on any atom is 0.0794 e. The van der Waals surface area contributed by atoms with E-state index in [4.69, 9.17) is 4.98 Å². The van der Waals surface area contributed by atoms with E-state index in [2.05, 4.69) is 205 Å². The number of hydrogen-bond acceptors (Lipinski definition) is 2. The lowest BCUT2D eigenvalue weighted by Gasteiger charge is -2.17. The lowest BCUT2D eigenvalue weighted by molar-refractivity contribution is 1.33. The summed E-state index contributed by atoms with van der Waals surface area (Å²) in [5.41, 5.74) is 9.94. The van der Waals surface area contributed by atoms with Crippen molar-refractivity contribution in [2.24, 2.45) is 0 Å². The van der Waals surface area contributed by atoms with Gasteiger partial charge in [0.25, 0.3) is 0 Å². The van der Waals surface area contributed by atoms with E-state index in [-0.39, 0.29) is 0 Å². The molecule has 0 bridgehead atoms. The van der Waals surface area contributed by atoms with Gasteiger partial charge in [-0.15, -0.1) is 0 Å². The highest BCUT2D eigenvalue weighted by atomic mass is 14.7. The summed E-state index contributed by atoms with van der Waals surface area (Å²) in [7, 11) is 0. The molecular weight excluding hydrogens is 749 g/mol. The summed E-state index contributed by atoms with van der Waals surface area (Å²) in [6.07, 6.45) is 3.75. The summed E-state index contributed by atoms with van der Waals surface area (Å²) in [5.74, 6) is 0. The van der Waals surface area contributed by atoms with Crippen molar-refractivity contribution in [1.29, 1.82) is 0 Å². The molecule has 0 aliphatic heterocycles. The number of benzene rings is 11. The zero-order valence-electron chi connectivity index (χ0n) is 33.7. The first-order valence-corrected chi connectivity index (χ1v) is 21.3. The van der Waals surface area contributed by atoms with Crippen LogP contribution in [0.4, 0.5) is 0 Å². The van der Waals surface area contributed by atoms with Gasteiger partial charge >= 0.3 is 0 Å². The standard InChI is InChI=1S/C60H36N2/c1-3-17-46-42(13-1)44-15-5-7-19-48(44)56-32-39(27-29-51(46)56)54-34-58-55(38-25-23-37(24-26-38)41-12-11-31-61-36-41)35-59(62-60(58)53-22-10-9-21-50(53)54)40-28-30-52-47-18-4-2-14-43(47)45-16-6-8-20-49(45)57(52)33-40/h1-36H. The van der Waals surface area contributed by atoms with Crippen LogP contribution in [0.3, 0.4) is 0 Å². The minimum atomic E-state index is 0.949. The number of pyridine rings is 2. The summed E-state index contributed by atoms with van der Waals surface area (Å²) < 4.78 is 0. The first-order valence-electron chi connectivity index (χ1n) is 21.3. The van der Waals surface area contributed by atoms with Crippen LogP contribution < -0.4 is 0 Å². The van der Waals surface area contributed by atoms with E-state index >= 15 is 0 Å². The molecule has 0 aliphatic carbocycles. The van der Waals surface area contributed by atoms with Crippen LogP contribution in [0.5, 0.6) is 0 Å². The summed E-state index contributed by atoms with van der Waals surface area (Å²) in [4.78, 5) is 10.0. The lowest BCUT2D eigenvalue weighted by Crippen LogP contribution is -1.94. The Bertz CT molecular complexity index is 3890. The fraction of sp³-hybridized carbons (Fsp3) is 0. The van der Waals surface area contributed by atoms with Crippen LogP contribution in [0.25, 0.3) is 131 Å². The Kier molecular flexibility index (Phi) is 7.64. The molecule has 62 heavy (non-hydrogen) atoms. The van der Waals surface area contributed by atoms with Gasteiger partial charge in [0.05, 0.1) is 11.2 Å². The molecule has 2 heteroatoms. The summed E-state index contributed by atoms with van der Waals surface area (Å²) >= 11 is 0. The first kappa shape index (κ1) is 34.6. The maximum absolute atomic E-state index is 5.63. The molecule has 2 aromatic heterocycles. The van der Waals surface area contributed by atoms with Crippen molar-refractivity contribution < 1.29 is 0 Å². The molecule has 0 spiro atoms. The van der Waals surface area contributed by atoms with E-state index in [0.717, 1.165) is 49.8 Å². The van der Waals surface area contributed by atoms with Crippen molar-refractivity contribution in [3.8, 4) is 44.6 Å². The van der Waals surface area contributed by atoms with Crippen LogP contribution in [0.2, 0.25) is 0 Å². The SMILES string of the molecule is c1cncc(-c2ccc(-c3cc(-c4ccc5c6ccccc6c6ccccc6c5c4)nc4c3cc(-c3ccc5c6ccccc6c6ccccc6c5c3)c3ccccc34)cc2)c1. The van der Waals surface area contributed by atoms with E-state index < -0.39 is 0 Å². The monoisotopic (exact) mass is 784 g/mol. The van der Waals surface area contributed by atoms with Gasteiger partial charge in [-0.1, -0.05) is 176 Å². The fourth-order valence-electron chi connectivity index (χ4n) is 10.2. The van der Waals surface area contributed by atoms with Gasteiger partial charge < -0.3 is 0 Å². The molecule has 0 aliphatic rings. The number of hydrogen-bond donors (Lipinski definition) is 0. The van der Waals surface area contributed by atoms with Gasteiger partial charge in [-0.25, -0.2) is 4.98 Å². The van der Waals surface area contributed by atoms with Crippen LogP contribution in [-0.4, -0.2) is 9.97 Å². The Morgan fingerprint density at radius 2 is 0.661 bits per heavy atom. The van der Waals surface area contributed by atoms with E-state index in [0.29, 0.717) is 0 Å². The highest BCUT2D eigenvalue weighted by molar-refractivity contribution is 6.27. The van der Waals surface area contributed by atoms with Gasteiger partial charge in [0.2, 0.25) is 0 Å². The maximum atomic E-state index is 5.63. The Labute approximate surface area is 358 Å². The molecule has 286 valence electrons. The number of rotatable bonds is 4. The summed E-state index contributed by atoms with van der Waals surface area (Å²) in [5, 5.41) is 18.6. The first-order chi connectivity index (χ1) is 30.7. The molecule has 13 rings (SSSR count). The molecule has 0 N–H and O–H groups in total. The minimum absolute atomic E-state index is 0.949. The van der Waals surface area contributed by atoms with Crippen molar-refractivity contribution in [3.05, 3.63) is 219 Å². The van der Waals surface area contributed by atoms with Crippen LogP contribution in [0, 0.1) is 0 Å². The topological polar surface area (TPSA) is 25.8 Å². The van der Waals surface area contributed by atoms with E-state index in [9.17, 15) is 0 Å². The van der Waals surface area contributed by atoms with E-state index in [1.807, 2.05) is 18.5 Å². The third-order valence-corrected chi connectivity index (χ3v) is 13.1. The zero-order valence-corrected chi connectivity index (χ0v) is 33.7. The van der Waals surface area contributed by atoms with E-state index in [1.165, 1.54) is 81.1 Å². The normalized spacial score (nSPS) is 11.9. The highest BCUT2D eigenvalue weighted by Gasteiger charge is 2.18. The lowest BCUT2D eigenvalue weighted by atomic mass is 9.88. The predicted octanol–water partition coefficient (Wildman–Crippen LogP) is 16.4. The molecule has 0 amide bonds. The molecule has 2 nitrogen and oxygen atoms in total. The average Bonchev–Trinajstić information content (AvgIpc) is 3.36. The van der Waals surface area contributed by atoms with Crippen LogP contribution in [0.1, 0.15) is 0 Å². The van der Waals surface area contributed by atoms with E-state index in [1.54, 1.807) is 0 Å². The average molecular weight is 785 g/mol. The smallest absolute Gasteiger partial charge is 0.0794 e. The molecule has 11 aromatic carbocycles. The van der Waals surface area contributed by atoms with Crippen LogP contribution >= 0.6 is 0 Å². The molecule has 0 fully saturated rings. The number of nitrogens with zero attached hydrogens (tertiary/aromatic N) is 2. The Hall–Kier alpha value is -8.20. The van der Waals surface area contributed by atoms with Crippen molar-refractivity contribution >= 4 is 86.3 Å². The van der Waals surface area contributed by atoms with Gasteiger partial charge in [0.1, 0.15) is 0 Å². The Morgan fingerprint density at radius 3 is 1.19 bits per heavy atom. The van der Waals surface area contributed by atoms with Gasteiger partial charge in [-0.3, -0.25) is 4.98 Å². The van der Waals surface area contributed by atoms with Gasteiger partial charge in [-0.05, 0) is 134 Å². The van der Waals surface area contributed by atoms with Gasteiger partial charge in [0, 0.05) is 28.7 Å². The van der Waals surface area contributed by atoms with Crippen molar-refractivity contribution in [2.45, 2.75) is 0 Å². The van der Waals surface area contributed by atoms with Gasteiger partial charge in [0.15, 0.2) is 0 Å². The summed E-state index contributed by atoms with van der Waals surface area (Å²) in [6, 6.07) is 75.7. The van der Waals surface area contributed by atoms with Crippen LogP contribution in [-0.2, 0) is 0 Å². The zero-order chi connectivity index (χ0) is 40.7. The fourth-order valence-corrected chi connectivity index (χ4v) is 10.2. The Balaban J connectivity index is 1.08. The number of fused-ring (bicyclic) bond motifs is 15. The van der Waals surface area contributed by atoms with Crippen molar-refractivity contribution in [2.75, 3.05) is 0 Å². The molecule has 0 unspecified atom stereocenters. The highest BCUT2D eigenvalue weighted by Crippen LogP contribution is 2.44. The molecule has 0 atom stereocenters. The molecule has 13 aromatic rings. The second kappa shape index (κ2) is 13.7. The van der Waals surface area contributed by atoms with Gasteiger partial charge in [-0.2, -0.15) is 0 Å². The number of aromatic nitrogens is 2. The Morgan fingerprint density at radius 1 is 0.242 bits per heavy atom. The minimum Gasteiger partial charge on any atom is -0.264 e. The molecule has 0 radical (unpaired) electrons. The molecule has 2 heterocycles. The summed E-state index contributed by atoms with van der Waals surface area (Å²) in [6.45, 7) is 0. The second-order valence-electron chi connectivity index (χ2n) is 16.4. The second-order valence-corrected chi connectivity index (χ2v) is 16.4. The molecule has 0 saturated carbocycles. The van der Waals surface area contributed by atoms with Crippen molar-refractivity contribution in [3.63, 3.8) is 0 Å². The van der Waals surface area contributed by atoms with Crippen LogP contribution in [0.15, 0.2) is 219 Å². The third kappa shape index (κ3) is 5.30. The van der Waals surface area contributed by atoms with Crippen molar-refractivity contribution in [1.82, 2.24) is 9.97 Å².